The molecule has 6 nitrogen and oxygen atoms in total. The predicted octanol–water partition coefficient (Wildman–Crippen LogP) is 2.89. The smallest absolute Gasteiger partial charge is 0.311 e. The molecule has 6 heteroatoms. The maximum Gasteiger partial charge on any atom is 0.311 e. The molecule has 0 amide bonds. The van der Waals surface area contributed by atoms with Crippen molar-refractivity contribution >= 4 is 5.69 Å². The van der Waals surface area contributed by atoms with Crippen molar-refractivity contribution in [1.82, 2.24) is 0 Å². The van der Waals surface area contributed by atoms with Crippen LogP contribution in [0.1, 0.15) is 32.6 Å². The fraction of sp³-hybridized carbons (Fsp3) is 0.600. The second kappa shape index (κ2) is 7.26. The Morgan fingerprint density at radius 1 is 1.38 bits per heavy atom. The first-order chi connectivity index (χ1) is 10.2. The molecule has 1 aromatic rings. The summed E-state index contributed by atoms with van der Waals surface area (Å²) in [5.74, 6) is 1.21. The maximum absolute atomic E-state index is 11.0. The summed E-state index contributed by atoms with van der Waals surface area (Å²) in [7, 11) is 0. The molecule has 2 atom stereocenters. The average Bonchev–Trinajstić information content (AvgIpc) is 2.48. The zero-order valence-corrected chi connectivity index (χ0v) is 12.3. The lowest BCUT2D eigenvalue weighted by Crippen LogP contribution is -2.35. The number of nitro groups is 1. The van der Waals surface area contributed by atoms with Gasteiger partial charge in [-0.1, -0.05) is 6.42 Å². The molecule has 0 saturated heterocycles. The van der Waals surface area contributed by atoms with Gasteiger partial charge in [0.05, 0.1) is 11.5 Å². The van der Waals surface area contributed by atoms with Gasteiger partial charge in [-0.25, -0.2) is 0 Å². The van der Waals surface area contributed by atoms with Crippen molar-refractivity contribution in [2.45, 2.75) is 38.7 Å². The quantitative estimate of drug-likeness (QED) is 0.644. The third-order valence-corrected chi connectivity index (χ3v) is 3.86. The van der Waals surface area contributed by atoms with Gasteiger partial charge < -0.3 is 15.2 Å². The van der Waals surface area contributed by atoms with Crippen molar-refractivity contribution in [2.75, 3.05) is 13.2 Å². The van der Waals surface area contributed by atoms with Crippen molar-refractivity contribution in [1.29, 1.82) is 0 Å². The Hall–Kier alpha value is -1.82. The SMILES string of the molecule is CCOc1cc(OC2CCCCC2CN)ccc1[N+](=O)[O-]. The fourth-order valence-electron chi connectivity index (χ4n) is 2.76. The molecule has 0 aliphatic heterocycles. The summed E-state index contributed by atoms with van der Waals surface area (Å²) in [5.41, 5.74) is 5.76. The van der Waals surface area contributed by atoms with Crippen LogP contribution in [0.5, 0.6) is 11.5 Å². The van der Waals surface area contributed by atoms with E-state index in [-0.39, 0.29) is 17.5 Å². The largest absolute Gasteiger partial charge is 0.490 e. The first kappa shape index (κ1) is 15.6. The molecule has 1 aliphatic rings. The van der Waals surface area contributed by atoms with Crippen LogP contribution >= 0.6 is 0 Å². The number of benzene rings is 1. The highest BCUT2D eigenvalue weighted by molar-refractivity contribution is 5.50. The second-order valence-corrected chi connectivity index (χ2v) is 5.26. The predicted molar refractivity (Wildman–Crippen MR) is 79.7 cm³/mol. The van der Waals surface area contributed by atoms with Crippen LogP contribution in [-0.4, -0.2) is 24.2 Å². The molecule has 2 unspecified atom stereocenters. The minimum Gasteiger partial charge on any atom is -0.490 e. The number of nitrogens with two attached hydrogens (primary N) is 1. The first-order valence-corrected chi connectivity index (χ1v) is 7.43. The van der Waals surface area contributed by atoms with Crippen LogP contribution in [-0.2, 0) is 0 Å². The van der Waals surface area contributed by atoms with Gasteiger partial charge in [0.2, 0.25) is 5.75 Å². The highest BCUT2D eigenvalue weighted by Gasteiger charge is 2.26. The summed E-state index contributed by atoms with van der Waals surface area (Å²) < 4.78 is 11.3. The zero-order chi connectivity index (χ0) is 15.2. The molecule has 2 N–H and O–H groups in total. The second-order valence-electron chi connectivity index (χ2n) is 5.26. The van der Waals surface area contributed by atoms with Crippen LogP contribution in [0.25, 0.3) is 0 Å². The van der Waals surface area contributed by atoms with Crippen LogP contribution in [0.15, 0.2) is 18.2 Å². The molecule has 21 heavy (non-hydrogen) atoms. The van der Waals surface area contributed by atoms with Gasteiger partial charge in [-0.05, 0) is 38.8 Å². The molecular formula is C15H22N2O4. The van der Waals surface area contributed by atoms with Gasteiger partial charge in [0.15, 0.2) is 0 Å². The summed E-state index contributed by atoms with van der Waals surface area (Å²) in [6.07, 6.45) is 4.45. The highest BCUT2D eigenvalue weighted by Crippen LogP contribution is 2.34. The van der Waals surface area contributed by atoms with E-state index in [4.69, 9.17) is 15.2 Å². The minimum absolute atomic E-state index is 0.0387. The van der Waals surface area contributed by atoms with Crippen LogP contribution in [0, 0.1) is 16.0 Å². The fourth-order valence-corrected chi connectivity index (χ4v) is 2.76. The number of nitrogens with zero attached hydrogens (tertiary/aromatic N) is 1. The third-order valence-electron chi connectivity index (χ3n) is 3.86. The van der Waals surface area contributed by atoms with Crippen molar-refractivity contribution in [3.63, 3.8) is 0 Å². The molecule has 1 fully saturated rings. The number of rotatable bonds is 6. The van der Waals surface area contributed by atoms with E-state index in [9.17, 15) is 10.1 Å². The molecule has 1 aliphatic carbocycles. The Morgan fingerprint density at radius 2 is 2.14 bits per heavy atom. The highest BCUT2D eigenvalue weighted by atomic mass is 16.6. The molecule has 0 aromatic heterocycles. The molecule has 0 radical (unpaired) electrons. The lowest BCUT2D eigenvalue weighted by molar-refractivity contribution is -0.385. The van der Waals surface area contributed by atoms with Gasteiger partial charge in [-0.2, -0.15) is 0 Å². The Bertz CT molecular complexity index is 493. The van der Waals surface area contributed by atoms with Gasteiger partial charge in [0.25, 0.3) is 0 Å². The van der Waals surface area contributed by atoms with Crippen molar-refractivity contribution < 1.29 is 14.4 Å². The van der Waals surface area contributed by atoms with Crippen LogP contribution in [0.3, 0.4) is 0 Å². The van der Waals surface area contributed by atoms with Gasteiger partial charge in [-0.15, -0.1) is 0 Å². The standard InChI is InChI=1S/C15H22N2O4/c1-2-20-15-9-12(7-8-13(15)17(18)19)21-14-6-4-3-5-11(14)10-16/h7-9,11,14H,2-6,10,16H2,1H3. The average molecular weight is 294 g/mol. The van der Waals surface area contributed by atoms with Gasteiger partial charge in [-0.3, -0.25) is 10.1 Å². The van der Waals surface area contributed by atoms with E-state index in [1.165, 1.54) is 12.5 Å². The summed E-state index contributed by atoms with van der Waals surface area (Å²) in [4.78, 5) is 10.5. The maximum atomic E-state index is 11.0. The van der Waals surface area contributed by atoms with Crippen molar-refractivity contribution in [3.8, 4) is 11.5 Å². The summed E-state index contributed by atoms with van der Waals surface area (Å²) in [6, 6.07) is 4.66. The number of hydrogen-bond donors (Lipinski definition) is 1. The Morgan fingerprint density at radius 3 is 2.81 bits per heavy atom. The normalized spacial score (nSPS) is 21.8. The van der Waals surface area contributed by atoms with Gasteiger partial charge in [0.1, 0.15) is 11.9 Å². The number of nitro benzene ring substituents is 1. The topological polar surface area (TPSA) is 87.6 Å². The molecule has 1 aromatic carbocycles. The Kier molecular flexibility index (Phi) is 5.38. The molecule has 116 valence electrons. The van der Waals surface area contributed by atoms with Gasteiger partial charge >= 0.3 is 5.69 Å². The van der Waals surface area contributed by atoms with Crippen LogP contribution < -0.4 is 15.2 Å². The first-order valence-electron chi connectivity index (χ1n) is 7.43. The van der Waals surface area contributed by atoms with Gasteiger partial charge in [0, 0.05) is 18.1 Å². The molecule has 0 heterocycles. The molecule has 0 spiro atoms. The van der Waals surface area contributed by atoms with E-state index < -0.39 is 4.92 Å². The summed E-state index contributed by atoms with van der Waals surface area (Å²) in [6.45, 7) is 2.78. The van der Waals surface area contributed by atoms with E-state index >= 15 is 0 Å². The zero-order valence-electron chi connectivity index (χ0n) is 12.3. The summed E-state index contributed by atoms with van der Waals surface area (Å²) in [5, 5.41) is 11.0. The molecule has 1 saturated carbocycles. The third kappa shape index (κ3) is 3.85. The number of ether oxygens (including phenoxy) is 2. The Balaban J connectivity index is 2.16. The monoisotopic (exact) mass is 294 g/mol. The minimum atomic E-state index is -0.446. The van der Waals surface area contributed by atoms with Crippen molar-refractivity contribution in [2.24, 2.45) is 11.7 Å². The van der Waals surface area contributed by atoms with E-state index in [2.05, 4.69) is 0 Å². The van der Waals surface area contributed by atoms with E-state index in [0.717, 1.165) is 19.3 Å². The lowest BCUT2D eigenvalue weighted by atomic mass is 9.86. The number of hydrogen-bond acceptors (Lipinski definition) is 5. The van der Waals surface area contributed by atoms with E-state index in [1.54, 1.807) is 19.1 Å². The van der Waals surface area contributed by atoms with Crippen molar-refractivity contribution in [3.05, 3.63) is 28.3 Å². The van der Waals surface area contributed by atoms with Crippen LogP contribution in [0.4, 0.5) is 5.69 Å². The Labute approximate surface area is 124 Å². The molecule has 2 rings (SSSR count). The molecular weight excluding hydrogens is 272 g/mol. The molecule has 0 bridgehead atoms. The van der Waals surface area contributed by atoms with E-state index in [1.807, 2.05) is 0 Å². The van der Waals surface area contributed by atoms with E-state index in [0.29, 0.717) is 24.8 Å². The van der Waals surface area contributed by atoms with Crippen LogP contribution in [0.2, 0.25) is 0 Å². The summed E-state index contributed by atoms with van der Waals surface area (Å²) >= 11 is 0. The lowest BCUT2D eigenvalue weighted by Gasteiger charge is -2.31.